The van der Waals surface area contributed by atoms with E-state index in [2.05, 4.69) is 10.0 Å². The van der Waals surface area contributed by atoms with Gasteiger partial charge in [0.25, 0.3) is 11.3 Å². The van der Waals surface area contributed by atoms with Gasteiger partial charge in [0.1, 0.15) is 6.26 Å². The van der Waals surface area contributed by atoms with Gasteiger partial charge in [-0.05, 0) is 6.07 Å². The Morgan fingerprint density at radius 2 is 2.27 bits per heavy atom. The first-order valence-corrected chi connectivity index (χ1v) is 5.41. The number of hydrogen-bond donors (Lipinski definition) is 3. The third-order valence-corrected chi connectivity index (χ3v) is 2.37. The third-order valence-electron chi connectivity index (χ3n) is 1.97. The molecule has 15 heavy (non-hydrogen) atoms. The van der Waals surface area contributed by atoms with Crippen LogP contribution >= 0.6 is 0 Å². The van der Waals surface area contributed by atoms with Gasteiger partial charge in [0.15, 0.2) is 6.23 Å². The first-order chi connectivity index (χ1) is 7.27. The third kappa shape index (κ3) is 2.28. The van der Waals surface area contributed by atoms with Crippen molar-refractivity contribution in [1.29, 1.82) is 0 Å². The molecule has 2 rings (SSSR count). The predicted molar refractivity (Wildman–Crippen MR) is 56.9 cm³/mol. The number of para-hydroxylation sites is 1. The van der Waals surface area contributed by atoms with Crippen LogP contribution in [0.2, 0.25) is 0 Å². The minimum absolute atomic E-state index is 0.308. The van der Waals surface area contributed by atoms with E-state index in [-0.39, 0.29) is 6.23 Å². The zero-order chi connectivity index (χ0) is 10.7. The Labute approximate surface area is 89.6 Å². The Balaban J connectivity index is 2.25. The molecule has 1 aromatic carbocycles. The molecule has 1 heterocycles. The monoisotopic (exact) mass is 226 g/mol. The van der Waals surface area contributed by atoms with Crippen LogP contribution in [0.15, 0.2) is 36.7 Å². The number of benzene rings is 1. The highest BCUT2D eigenvalue weighted by molar-refractivity contribution is 7.80. The van der Waals surface area contributed by atoms with Crippen LogP contribution in [0.4, 0.5) is 5.69 Å². The van der Waals surface area contributed by atoms with Gasteiger partial charge in [-0.15, -0.1) is 0 Å². The molecule has 0 aromatic heterocycles. The zero-order valence-corrected chi connectivity index (χ0v) is 8.53. The molecular weight excluding hydrogens is 216 g/mol. The SMILES string of the molecule is O=S(O)Nc1ccccc1C1NC=CO1. The summed E-state index contributed by atoms with van der Waals surface area (Å²) in [5.74, 6) is 0. The Morgan fingerprint density at radius 3 is 2.93 bits per heavy atom. The second kappa shape index (κ2) is 4.33. The van der Waals surface area contributed by atoms with E-state index >= 15 is 0 Å². The highest BCUT2D eigenvalue weighted by Gasteiger charge is 2.17. The molecule has 3 N–H and O–H groups in total. The van der Waals surface area contributed by atoms with E-state index in [1.807, 2.05) is 12.1 Å². The summed E-state index contributed by atoms with van der Waals surface area (Å²) in [7, 11) is 0. The second-order valence-electron chi connectivity index (χ2n) is 2.92. The minimum atomic E-state index is -2.08. The van der Waals surface area contributed by atoms with Crippen molar-refractivity contribution in [2.75, 3.05) is 4.72 Å². The molecule has 0 radical (unpaired) electrons. The molecule has 80 valence electrons. The number of anilines is 1. The smallest absolute Gasteiger partial charge is 0.259 e. The van der Waals surface area contributed by atoms with Crippen molar-refractivity contribution in [3.8, 4) is 0 Å². The van der Waals surface area contributed by atoms with E-state index in [9.17, 15) is 4.21 Å². The fourth-order valence-corrected chi connectivity index (χ4v) is 1.73. The predicted octanol–water partition coefficient (Wildman–Crippen LogP) is 1.32. The maximum absolute atomic E-state index is 10.7. The average Bonchev–Trinajstić information content (AvgIpc) is 2.70. The van der Waals surface area contributed by atoms with Crippen LogP contribution in [-0.4, -0.2) is 8.76 Å². The molecule has 0 bridgehead atoms. The zero-order valence-electron chi connectivity index (χ0n) is 7.71. The lowest BCUT2D eigenvalue weighted by Gasteiger charge is -2.15. The Morgan fingerprint density at radius 1 is 1.47 bits per heavy atom. The van der Waals surface area contributed by atoms with Gasteiger partial charge in [0.05, 0.1) is 5.69 Å². The summed E-state index contributed by atoms with van der Waals surface area (Å²) in [6.07, 6.45) is 2.91. The van der Waals surface area contributed by atoms with E-state index in [1.165, 1.54) is 6.26 Å². The maximum Gasteiger partial charge on any atom is 0.259 e. The van der Waals surface area contributed by atoms with Crippen LogP contribution in [0.25, 0.3) is 0 Å². The van der Waals surface area contributed by atoms with E-state index in [0.29, 0.717) is 5.69 Å². The van der Waals surface area contributed by atoms with Gasteiger partial charge >= 0.3 is 0 Å². The molecule has 0 spiro atoms. The van der Waals surface area contributed by atoms with Gasteiger partial charge in [-0.25, -0.2) is 4.21 Å². The van der Waals surface area contributed by atoms with Crippen LogP contribution in [0, 0.1) is 0 Å². The molecule has 0 saturated heterocycles. The standard InChI is InChI=1S/C9H10N2O3S/c12-15(13)11-8-4-2-1-3-7(8)9-10-5-6-14-9/h1-6,9-11H,(H,12,13). The number of nitrogens with one attached hydrogen (secondary N) is 2. The minimum Gasteiger partial charge on any atom is -0.473 e. The highest BCUT2D eigenvalue weighted by Crippen LogP contribution is 2.26. The van der Waals surface area contributed by atoms with E-state index in [4.69, 9.17) is 9.29 Å². The average molecular weight is 226 g/mol. The molecule has 0 aliphatic carbocycles. The van der Waals surface area contributed by atoms with E-state index in [1.54, 1.807) is 18.3 Å². The largest absolute Gasteiger partial charge is 0.473 e. The van der Waals surface area contributed by atoms with Crippen molar-refractivity contribution in [3.05, 3.63) is 42.3 Å². The molecule has 1 aliphatic heterocycles. The van der Waals surface area contributed by atoms with E-state index < -0.39 is 11.3 Å². The molecule has 0 amide bonds. The first kappa shape index (κ1) is 10.0. The van der Waals surface area contributed by atoms with Gasteiger partial charge in [0.2, 0.25) is 0 Å². The van der Waals surface area contributed by atoms with Gasteiger partial charge in [-0.3, -0.25) is 9.27 Å². The topological polar surface area (TPSA) is 70.6 Å². The number of rotatable bonds is 3. The Bertz CT molecular complexity index is 400. The summed E-state index contributed by atoms with van der Waals surface area (Å²) in [4.78, 5) is 0. The number of ether oxygens (including phenoxy) is 1. The molecule has 2 atom stereocenters. The van der Waals surface area contributed by atoms with E-state index in [0.717, 1.165) is 5.56 Å². The van der Waals surface area contributed by atoms with Crippen molar-refractivity contribution >= 4 is 17.0 Å². The Hall–Kier alpha value is -1.53. The maximum atomic E-state index is 10.7. The molecule has 1 aromatic rings. The van der Waals surface area contributed by atoms with Crippen molar-refractivity contribution in [3.63, 3.8) is 0 Å². The van der Waals surface area contributed by atoms with Gasteiger partial charge in [-0.1, -0.05) is 18.2 Å². The fourth-order valence-electron chi connectivity index (χ4n) is 1.36. The second-order valence-corrected chi connectivity index (χ2v) is 3.63. The quantitative estimate of drug-likeness (QED) is 0.680. The normalized spacial score (nSPS) is 20.5. The molecule has 0 saturated carbocycles. The fraction of sp³-hybridized carbons (Fsp3) is 0.111. The lowest BCUT2D eigenvalue weighted by molar-refractivity contribution is 0.155. The highest BCUT2D eigenvalue weighted by atomic mass is 32.2. The van der Waals surface area contributed by atoms with Crippen LogP contribution < -0.4 is 10.0 Å². The lowest BCUT2D eigenvalue weighted by atomic mass is 10.1. The van der Waals surface area contributed by atoms with Gasteiger partial charge < -0.3 is 10.1 Å². The van der Waals surface area contributed by atoms with Crippen LogP contribution in [0.3, 0.4) is 0 Å². The van der Waals surface area contributed by atoms with Crippen LogP contribution in [-0.2, 0) is 16.0 Å². The lowest BCUT2D eigenvalue weighted by Crippen LogP contribution is -2.14. The van der Waals surface area contributed by atoms with Crippen LogP contribution in [0.1, 0.15) is 11.8 Å². The molecule has 0 fully saturated rings. The summed E-state index contributed by atoms with van der Waals surface area (Å²) in [5, 5.41) is 2.96. The molecule has 1 aliphatic rings. The molecule has 6 heteroatoms. The van der Waals surface area contributed by atoms with Crippen LogP contribution in [0.5, 0.6) is 0 Å². The Kier molecular flexibility index (Phi) is 2.89. The van der Waals surface area contributed by atoms with Crippen molar-refractivity contribution in [1.82, 2.24) is 5.32 Å². The van der Waals surface area contributed by atoms with Gasteiger partial charge in [0, 0.05) is 11.8 Å². The molecular formula is C9H10N2O3S. The summed E-state index contributed by atoms with van der Waals surface area (Å²) in [6.45, 7) is 0. The first-order valence-electron chi connectivity index (χ1n) is 4.30. The molecule has 2 unspecified atom stereocenters. The number of hydrogen-bond acceptors (Lipinski definition) is 3. The molecule has 5 nitrogen and oxygen atoms in total. The van der Waals surface area contributed by atoms with Gasteiger partial charge in [-0.2, -0.15) is 0 Å². The van der Waals surface area contributed by atoms with Crippen molar-refractivity contribution in [2.45, 2.75) is 6.23 Å². The van der Waals surface area contributed by atoms with Crippen molar-refractivity contribution in [2.24, 2.45) is 0 Å². The summed E-state index contributed by atoms with van der Waals surface area (Å²) < 4.78 is 27.1. The summed E-state index contributed by atoms with van der Waals surface area (Å²) >= 11 is -2.08. The van der Waals surface area contributed by atoms with Crippen molar-refractivity contribution < 1.29 is 13.5 Å². The summed E-state index contributed by atoms with van der Waals surface area (Å²) in [6, 6.07) is 7.15. The summed E-state index contributed by atoms with van der Waals surface area (Å²) in [5.41, 5.74) is 1.35.